The zero-order valence-electron chi connectivity index (χ0n) is 11.6. The first kappa shape index (κ1) is 13.5. The molecule has 1 aromatic heterocycles. The third-order valence-electron chi connectivity index (χ3n) is 3.06. The van der Waals surface area contributed by atoms with Gasteiger partial charge in [0.2, 0.25) is 0 Å². The van der Waals surface area contributed by atoms with E-state index in [9.17, 15) is 0 Å². The number of aromatic nitrogens is 2. The van der Waals surface area contributed by atoms with Gasteiger partial charge in [-0.25, -0.2) is 0 Å². The Bertz CT molecular complexity index is 552. The van der Waals surface area contributed by atoms with Crippen LogP contribution in [0.3, 0.4) is 0 Å². The average Bonchev–Trinajstić information content (AvgIpc) is 2.39. The predicted octanol–water partition coefficient (Wildman–Crippen LogP) is 2.34. The van der Waals surface area contributed by atoms with E-state index >= 15 is 0 Å². The highest BCUT2D eigenvalue weighted by molar-refractivity contribution is 5.37. The lowest BCUT2D eigenvalue weighted by Crippen LogP contribution is -2.16. The van der Waals surface area contributed by atoms with Crippen LogP contribution in [0.1, 0.15) is 28.6 Å². The summed E-state index contributed by atoms with van der Waals surface area (Å²) in [6.45, 7) is 3.96. The molecule has 2 aromatic rings. The van der Waals surface area contributed by atoms with Gasteiger partial charge in [0, 0.05) is 6.20 Å². The summed E-state index contributed by atoms with van der Waals surface area (Å²) in [6, 6.07) is 5.92. The number of rotatable bonds is 4. The predicted molar refractivity (Wildman–Crippen MR) is 75.1 cm³/mol. The minimum atomic E-state index is -0.177. The van der Waals surface area contributed by atoms with E-state index in [0.29, 0.717) is 6.42 Å². The summed E-state index contributed by atoms with van der Waals surface area (Å²) in [5.41, 5.74) is 10.2. The van der Waals surface area contributed by atoms with Crippen molar-refractivity contribution < 1.29 is 4.74 Å². The van der Waals surface area contributed by atoms with Gasteiger partial charge < -0.3 is 10.5 Å². The Hall–Kier alpha value is -1.94. The van der Waals surface area contributed by atoms with Gasteiger partial charge in [-0.3, -0.25) is 9.97 Å². The molecular weight excluding hydrogens is 238 g/mol. The normalized spacial score (nSPS) is 12.2. The summed E-state index contributed by atoms with van der Waals surface area (Å²) in [5, 5.41) is 0. The molecule has 1 aromatic carbocycles. The van der Waals surface area contributed by atoms with E-state index in [2.05, 4.69) is 23.0 Å². The smallest absolute Gasteiger partial charge is 0.122 e. The molecular formula is C15H19N3O. The summed E-state index contributed by atoms with van der Waals surface area (Å²) in [5.74, 6) is 0.862. The molecule has 100 valence electrons. The Labute approximate surface area is 113 Å². The van der Waals surface area contributed by atoms with E-state index in [1.165, 1.54) is 5.56 Å². The van der Waals surface area contributed by atoms with Crippen LogP contribution in [0.25, 0.3) is 0 Å². The molecule has 0 spiro atoms. The summed E-state index contributed by atoms with van der Waals surface area (Å²) in [6.07, 6.45) is 4.16. The third kappa shape index (κ3) is 3.29. The fraction of sp³-hybridized carbons (Fsp3) is 0.333. The number of hydrogen-bond acceptors (Lipinski definition) is 4. The zero-order valence-corrected chi connectivity index (χ0v) is 11.6. The van der Waals surface area contributed by atoms with Crippen LogP contribution < -0.4 is 10.5 Å². The van der Waals surface area contributed by atoms with Crippen molar-refractivity contribution in [1.82, 2.24) is 9.97 Å². The largest absolute Gasteiger partial charge is 0.496 e. The van der Waals surface area contributed by atoms with Crippen molar-refractivity contribution in [2.75, 3.05) is 7.11 Å². The number of methoxy groups -OCH3 is 1. The first-order valence-corrected chi connectivity index (χ1v) is 6.28. The van der Waals surface area contributed by atoms with Gasteiger partial charge in [-0.05, 0) is 31.9 Å². The van der Waals surface area contributed by atoms with Crippen LogP contribution in [-0.4, -0.2) is 17.1 Å². The SMILES string of the molecule is COc1ccc(C)cc1CC(N)c1cnc(C)cn1. The number of ether oxygens (including phenoxy) is 1. The van der Waals surface area contributed by atoms with Crippen molar-refractivity contribution in [3.05, 3.63) is 53.1 Å². The maximum atomic E-state index is 6.19. The molecule has 0 radical (unpaired) electrons. The first-order valence-electron chi connectivity index (χ1n) is 6.28. The number of aryl methyl sites for hydroxylation is 2. The van der Waals surface area contributed by atoms with Crippen LogP contribution in [0.2, 0.25) is 0 Å². The highest BCUT2D eigenvalue weighted by Gasteiger charge is 2.12. The molecule has 0 amide bonds. The quantitative estimate of drug-likeness (QED) is 0.913. The Morgan fingerprint density at radius 3 is 2.63 bits per heavy atom. The lowest BCUT2D eigenvalue weighted by atomic mass is 10.0. The van der Waals surface area contributed by atoms with E-state index in [0.717, 1.165) is 22.7 Å². The number of benzene rings is 1. The van der Waals surface area contributed by atoms with Crippen molar-refractivity contribution in [2.45, 2.75) is 26.3 Å². The molecule has 2 N–H and O–H groups in total. The topological polar surface area (TPSA) is 61.0 Å². The van der Waals surface area contributed by atoms with Crippen LogP contribution >= 0.6 is 0 Å². The molecule has 0 aliphatic carbocycles. The van der Waals surface area contributed by atoms with Gasteiger partial charge in [0.25, 0.3) is 0 Å². The van der Waals surface area contributed by atoms with Crippen molar-refractivity contribution >= 4 is 0 Å². The maximum Gasteiger partial charge on any atom is 0.122 e. The zero-order chi connectivity index (χ0) is 13.8. The van der Waals surface area contributed by atoms with Gasteiger partial charge in [0.15, 0.2) is 0 Å². The van der Waals surface area contributed by atoms with Crippen molar-refractivity contribution in [3.63, 3.8) is 0 Å². The standard InChI is InChI=1S/C15H19N3O/c1-10-4-5-15(19-3)12(6-10)7-13(16)14-9-17-11(2)8-18-14/h4-6,8-9,13H,7,16H2,1-3H3. The summed E-state index contributed by atoms with van der Waals surface area (Å²) >= 11 is 0. The van der Waals surface area contributed by atoms with Crippen LogP contribution in [-0.2, 0) is 6.42 Å². The molecule has 0 aliphatic heterocycles. The Morgan fingerprint density at radius 1 is 1.21 bits per heavy atom. The van der Waals surface area contributed by atoms with Gasteiger partial charge in [-0.2, -0.15) is 0 Å². The highest BCUT2D eigenvalue weighted by Crippen LogP contribution is 2.24. The van der Waals surface area contributed by atoms with E-state index in [1.54, 1.807) is 19.5 Å². The Kier molecular flexibility index (Phi) is 4.12. The van der Waals surface area contributed by atoms with Gasteiger partial charge >= 0.3 is 0 Å². The van der Waals surface area contributed by atoms with Gasteiger partial charge in [-0.15, -0.1) is 0 Å². The van der Waals surface area contributed by atoms with Crippen molar-refractivity contribution in [1.29, 1.82) is 0 Å². The summed E-state index contributed by atoms with van der Waals surface area (Å²) in [7, 11) is 1.67. The second-order valence-electron chi connectivity index (χ2n) is 4.71. The molecule has 0 bridgehead atoms. The second-order valence-corrected chi connectivity index (χ2v) is 4.71. The van der Waals surface area contributed by atoms with Crippen LogP contribution in [0.4, 0.5) is 0 Å². The Morgan fingerprint density at radius 2 is 2.00 bits per heavy atom. The Balaban J connectivity index is 2.20. The molecule has 4 nitrogen and oxygen atoms in total. The van der Waals surface area contributed by atoms with E-state index in [1.807, 2.05) is 19.1 Å². The van der Waals surface area contributed by atoms with Crippen LogP contribution in [0.5, 0.6) is 5.75 Å². The van der Waals surface area contributed by atoms with E-state index < -0.39 is 0 Å². The lowest BCUT2D eigenvalue weighted by molar-refractivity contribution is 0.408. The van der Waals surface area contributed by atoms with Crippen molar-refractivity contribution in [2.24, 2.45) is 5.73 Å². The molecule has 2 rings (SSSR count). The molecule has 19 heavy (non-hydrogen) atoms. The molecule has 1 unspecified atom stereocenters. The number of nitrogens with two attached hydrogens (primary N) is 1. The fourth-order valence-corrected chi connectivity index (χ4v) is 2.00. The molecule has 4 heteroatoms. The first-order chi connectivity index (χ1) is 9.10. The van der Waals surface area contributed by atoms with Gasteiger partial charge in [0.1, 0.15) is 5.75 Å². The minimum absolute atomic E-state index is 0.177. The third-order valence-corrected chi connectivity index (χ3v) is 3.06. The summed E-state index contributed by atoms with van der Waals surface area (Å²) in [4.78, 5) is 8.55. The van der Waals surface area contributed by atoms with Crippen LogP contribution in [0.15, 0.2) is 30.6 Å². The summed E-state index contributed by atoms with van der Waals surface area (Å²) < 4.78 is 5.36. The molecule has 1 atom stereocenters. The van der Waals surface area contributed by atoms with Gasteiger partial charge in [-0.1, -0.05) is 17.7 Å². The second kappa shape index (κ2) is 5.80. The average molecular weight is 257 g/mol. The molecule has 0 saturated heterocycles. The van der Waals surface area contributed by atoms with Crippen LogP contribution in [0, 0.1) is 13.8 Å². The molecule has 0 aliphatic rings. The fourth-order valence-electron chi connectivity index (χ4n) is 2.00. The van der Waals surface area contributed by atoms with Gasteiger partial charge in [0.05, 0.1) is 30.7 Å². The molecule has 1 heterocycles. The van der Waals surface area contributed by atoms with E-state index in [4.69, 9.17) is 10.5 Å². The highest BCUT2D eigenvalue weighted by atomic mass is 16.5. The monoisotopic (exact) mass is 257 g/mol. The minimum Gasteiger partial charge on any atom is -0.496 e. The number of nitrogens with zero attached hydrogens (tertiary/aromatic N) is 2. The molecule has 0 saturated carbocycles. The van der Waals surface area contributed by atoms with E-state index in [-0.39, 0.29) is 6.04 Å². The maximum absolute atomic E-state index is 6.19. The number of hydrogen-bond donors (Lipinski definition) is 1. The van der Waals surface area contributed by atoms with Crippen molar-refractivity contribution in [3.8, 4) is 5.75 Å². The lowest BCUT2D eigenvalue weighted by Gasteiger charge is -2.14. The molecule has 0 fully saturated rings.